The van der Waals surface area contributed by atoms with Crippen LogP contribution in [0, 0.1) is 11.8 Å². The maximum Gasteiger partial charge on any atom is 0.391 e. The molecular formula is C13H25F3IN3. The Hall–Kier alpha value is -0.210. The molecule has 2 atom stereocenters. The molecule has 0 aliphatic heterocycles. The van der Waals surface area contributed by atoms with Crippen molar-refractivity contribution in [2.45, 2.75) is 58.2 Å². The Bertz CT molecular complexity index is 324. The summed E-state index contributed by atoms with van der Waals surface area (Å²) in [5.74, 6) is -0.874. The van der Waals surface area contributed by atoms with Crippen molar-refractivity contribution in [3.63, 3.8) is 0 Å². The van der Waals surface area contributed by atoms with Crippen molar-refractivity contribution in [3.8, 4) is 0 Å². The summed E-state index contributed by atoms with van der Waals surface area (Å²) in [7, 11) is 0. The molecule has 1 fully saturated rings. The topological polar surface area (TPSA) is 50.4 Å². The number of guanidine groups is 1. The van der Waals surface area contributed by atoms with E-state index in [1.54, 1.807) is 0 Å². The molecule has 1 rings (SSSR count). The van der Waals surface area contributed by atoms with Crippen LogP contribution in [0.15, 0.2) is 4.99 Å². The molecule has 1 aliphatic carbocycles. The van der Waals surface area contributed by atoms with Crippen LogP contribution in [-0.4, -0.2) is 24.2 Å². The highest BCUT2D eigenvalue weighted by molar-refractivity contribution is 14.0. The van der Waals surface area contributed by atoms with Gasteiger partial charge in [0.25, 0.3) is 0 Å². The lowest BCUT2D eigenvalue weighted by Crippen LogP contribution is -2.45. The maximum absolute atomic E-state index is 12.7. The van der Waals surface area contributed by atoms with Crippen LogP contribution in [0.1, 0.15) is 46.5 Å². The highest BCUT2D eigenvalue weighted by Crippen LogP contribution is 2.39. The molecule has 0 aromatic carbocycles. The van der Waals surface area contributed by atoms with Crippen molar-refractivity contribution in [3.05, 3.63) is 0 Å². The van der Waals surface area contributed by atoms with Crippen molar-refractivity contribution >= 4 is 29.9 Å². The number of aliphatic imine (C=N–C) groups is 1. The van der Waals surface area contributed by atoms with Crippen LogP contribution < -0.4 is 11.1 Å². The number of halogens is 4. The molecule has 0 amide bonds. The molecule has 0 aromatic heterocycles. The van der Waals surface area contributed by atoms with Gasteiger partial charge in [-0.1, -0.05) is 6.42 Å². The van der Waals surface area contributed by atoms with Crippen molar-refractivity contribution < 1.29 is 13.2 Å². The van der Waals surface area contributed by atoms with Gasteiger partial charge < -0.3 is 11.1 Å². The average molecular weight is 407 g/mol. The lowest BCUT2D eigenvalue weighted by atomic mass is 9.81. The number of nitrogens with two attached hydrogens (primary N) is 1. The monoisotopic (exact) mass is 407 g/mol. The fraction of sp³-hybridized carbons (Fsp3) is 0.923. The van der Waals surface area contributed by atoms with Crippen LogP contribution in [0.5, 0.6) is 0 Å². The first kappa shape index (κ1) is 19.8. The average Bonchev–Trinajstić information content (AvgIpc) is 2.23. The second kappa shape index (κ2) is 7.70. The second-order valence-electron chi connectivity index (χ2n) is 6.37. The Morgan fingerprint density at radius 3 is 2.35 bits per heavy atom. The van der Waals surface area contributed by atoms with Crippen molar-refractivity contribution in [2.75, 3.05) is 6.54 Å². The molecule has 0 radical (unpaired) electrons. The van der Waals surface area contributed by atoms with E-state index >= 15 is 0 Å². The molecule has 20 heavy (non-hydrogen) atoms. The molecular weight excluding hydrogens is 382 g/mol. The zero-order chi connectivity index (χ0) is 14.7. The van der Waals surface area contributed by atoms with Gasteiger partial charge in [0, 0.05) is 12.1 Å². The van der Waals surface area contributed by atoms with Gasteiger partial charge in [0.05, 0.1) is 5.92 Å². The van der Waals surface area contributed by atoms with Gasteiger partial charge in [0.15, 0.2) is 5.96 Å². The molecule has 0 saturated heterocycles. The Morgan fingerprint density at radius 1 is 1.25 bits per heavy atom. The van der Waals surface area contributed by atoms with E-state index in [2.05, 4.69) is 10.3 Å². The number of nitrogens with zero attached hydrogens (tertiary/aromatic N) is 1. The quantitative estimate of drug-likeness (QED) is 0.417. The molecule has 0 heterocycles. The normalized spacial score (nSPS) is 25.0. The zero-order valence-corrected chi connectivity index (χ0v) is 14.6. The van der Waals surface area contributed by atoms with Gasteiger partial charge in [0.1, 0.15) is 0 Å². The predicted octanol–water partition coefficient (Wildman–Crippen LogP) is 3.68. The van der Waals surface area contributed by atoms with Gasteiger partial charge in [-0.2, -0.15) is 13.2 Å². The Balaban J connectivity index is 0.00000361. The van der Waals surface area contributed by atoms with Crippen LogP contribution in [0.4, 0.5) is 13.2 Å². The third kappa shape index (κ3) is 7.54. The van der Waals surface area contributed by atoms with Gasteiger partial charge in [0.2, 0.25) is 0 Å². The molecule has 7 heteroatoms. The maximum atomic E-state index is 12.7. The fourth-order valence-corrected chi connectivity index (χ4v) is 2.41. The first-order valence-corrected chi connectivity index (χ1v) is 6.73. The lowest BCUT2D eigenvalue weighted by Gasteiger charge is -2.30. The van der Waals surface area contributed by atoms with Crippen molar-refractivity contribution in [2.24, 2.45) is 22.6 Å². The third-order valence-corrected chi connectivity index (χ3v) is 3.27. The molecule has 2 unspecified atom stereocenters. The van der Waals surface area contributed by atoms with E-state index in [0.29, 0.717) is 18.9 Å². The van der Waals surface area contributed by atoms with Crippen LogP contribution >= 0.6 is 24.0 Å². The molecule has 1 saturated carbocycles. The van der Waals surface area contributed by atoms with Crippen LogP contribution in [0.2, 0.25) is 0 Å². The predicted molar refractivity (Wildman–Crippen MR) is 86.3 cm³/mol. The fourth-order valence-electron chi connectivity index (χ4n) is 2.41. The van der Waals surface area contributed by atoms with Crippen molar-refractivity contribution in [1.29, 1.82) is 0 Å². The lowest BCUT2D eigenvalue weighted by molar-refractivity contribution is -0.185. The summed E-state index contributed by atoms with van der Waals surface area (Å²) in [5.41, 5.74) is 5.53. The molecule has 3 nitrogen and oxygen atoms in total. The summed E-state index contributed by atoms with van der Waals surface area (Å²) >= 11 is 0. The van der Waals surface area contributed by atoms with Crippen LogP contribution in [-0.2, 0) is 0 Å². The molecule has 1 aliphatic rings. The third-order valence-electron chi connectivity index (χ3n) is 3.27. The largest absolute Gasteiger partial charge is 0.391 e. The summed E-state index contributed by atoms with van der Waals surface area (Å²) in [5, 5.41) is 3.01. The summed E-state index contributed by atoms with van der Waals surface area (Å²) in [4.78, 5) is 4.17. The Morgan fingerprint density at radius 2 is 1.85 bits per heavy atom. The first-order valence-electron chi connectivity index (χ1n) is 6.73. The van der Waals surface area contributed by atoms with Gasteiger partial charge in [-0.15, -0.1) is 24.0 Å². The molecule has 3 N–H and O–H groups in total. The summed E-state index contributed by atoms with van der Waals surface area (Å²) in [6.07, 6.45) is -2.22. The van der Waals surface area contributed by atoms with Crippen molar-refractivity contribution in [1.82, 2.24) is 5.32 Å². The Kier molecular flexibility index (Phi) is 7.62. The van der Waals surface area contributed by atoms with Gasteiger partial charge in [-0.05, 0) is 46.0 Å². The molecule has 0 bridgehead atoms. The van der Waals surface area contributed by atoms with E-state index in [9.17, 15) is 13.2 Å². The number of hydrogen-bond acceptors (Lipinski definition) is 1. The Labute approximate surface area is 136 Å². The summed E-state index contributed by atoms with van der Waals surface area (Å²) in [6.45, 7) is 6.24. The first-order chi connectivity index (χ1) is 8.58. The number of alkyl halides is 3. The van der Waals surface area contributed by atoms with E-state index in [0.717, 1.165) is 6.42 Å². The molecule has 0 aromatic rings. The zero-order valence-electron chi connectivity index (χ0n) is 12.3. The number of hydrogen-bond donors (Lipinski definition) is 2. The number of nitrogens with one attached hydrogen (secondary N) is 1. The SMILES string of the molecule is CC(C)(C)NC(N)=NCC1CCCC(C(F)(F)F)C1.I. The minimum absolute atomic E-state index is 0. The highest BCUT2D eigenvalue weighted by Gasteiger charge is 2.41. The van der Waals surface area contributed by atoms with E-state index < -0.39 is 12.1 Å². The van der Waals surface area contributed by atoms with Crippen LogP contribution in [0.3, 0.4) is 0 Å². The van der Waals surface area contributed by atoms with Crippen LogP contribution in [0.25, 0.3) is 0 Å². The summed E-state index contributed by atoms with van der Waals surface area (Å²) < 4.78 is 38.0. The smallest absolute Gasteiger partial charge is 0.370 e. The van der Waals surface area contributed by atoms with E-state index in [4.69, 9.17) is 5.73 Å². The van der Waals surface area contributed by atoms with Gasteiger partial charge in [-0.3, -0.25) is 4.99 Å². The minimum Gasteiger partial charge on any atom is -0.370 e. The molecule has 0 spiro atoms. The summed E-state index contributed by atoms with van der Waals surface area (Å²) in [6, 6.07) is 0. The highest BCUT2D eigenvalue weighted by atomic mass is 127. The van der Waals surface area contributed by atoms with E-state index in [1.807, 2.05) is 20.8 Å². The number of rotatable bonds is 2. The van der Waals surface area contributed by atoms with E-state index in [-0.39, 0.29) is 48.3 Å². The van der Waals surface area contributed by atoms with Gasteiger partial charge in [-0.25, -0.2) is 0 Å². The molecule has 120 valence electrons. The standard InChI is InChI=1S/C13H24F3N3.HI/c1-12(2,3)19-11(17)18-8-9-5-4-6-10(7-9)13(14,15)16;/h9-10H,4-8H2,1-3H3,(H3,17,18,19);1H. The van der Waals surface area contributed by atoms with Gasteiger partial charge >= 0.3 is 6.18 Å². The minimum atomic E-state index is -4.07. The van der Waals surface area contributed by atoms with E-state index in [1.165, 1.54) is 0 Å². The second-order valence-corrected chi connectivity index (χ2v) is 6.37.